The predicted octanol–water partition coefficient (Wildman–Crippen LogP) is 1.63. The Kier molecular flexibility index (Phi) is 3.57. The van der Waals surface area contributed by atoms with E-state index in [0.717, 1.165) is 5.69 Å². The fourth-order valence-corrected chi connectivity index (χ4v) is 1.99. The summed E-state index contributed by atoms with van der Waals surface area (Å²) in [5, 5.41) is 11.0. The Bertz CT molecular complexity index is 481. The molecule has 1 saturated heterocycles. The minimum atomic E-state index is -0.513. The molecule has 0 unspecified atom stereocenters. The molecular formula is C12H14N2O4. The number of nitrogens with zero attached hydrogens (tertiary/aromatic N) is 2. The average molecular weight is 250 g/mol. The van der Waals surface area contributed by atoms with E-state index >= 15 is 0 Å². The number of nitro benzene ring substituents is 1. The highest BCUT2D eigenvalue weighted by Gasteiger charge is 2.20. The summed E-state index contributed by atoms with van der Waals surface area (Å²) in [7, 11) is 0. The Balaban J connectivity index is 2.36. The Morgan fingerprint density at radius 3 is 2.61 bits per heavy atom. The van der Waals surface area contributed by atoms with Gasteiger partial charge in [-0.05, 0) is 19.1 Å². The maximum atomic E-state index is 11.3. The van der Waals surface area contributed by atoms with Crippen molar-refractivity contribution in [3.8, 4) is 0 Å². The summed E-state index contributed by atoms with van der Waals surface area (Å²) in [6, 6.07) is 4.72. The van der Waals surface area contributed by atoms with E-state index in [0.29, 0.717) is 26.3 Å². The molecule has 1 aliphatic heterocycles. The van der Waals surface area contributed by atoms with Crippen LogP contribution in [-0.2, 0) is 4.74 Å². The molecule has 0 aromatic heterocycles. The highest BCUT2D eigenvalue weighted by molar-refractivity contribution is 5.98. The molecular weight excluding hydrogens is 236 g/mol. The summed E-state index contributed by atoms with van der Waals surface area (Å²) in [4.78, 5) is 23.8. The molecule has 1 aliphatic rings. The third kappa shape index (κ3) is 2.48. The van der Waals surface area contributed by atoms with Gasteiger partial charge in [0.1, 0.15) is 0 Å². The molecule has 0 spiro atoms. The normalized spacial score (nSPS) is 15.5. The van der Waals surface area contributed by atoms with Gasteiger partial charge in [0.25, 0.3) is 5.69 Å². The first-order valence-corrected chi connectivity index (χ1v) is 5.71. The van der Waals surface area contributed by atoms with Gasteiger partial charge in [-0.15, -0.1) is 0 Å². The molecule has 6 heteroatoms. The van der Waals surface area contributed by atoms with Crippen LogP contribution in [0.5, 0.6) is 0 Å². The van der Waals surface area contributed by atoms with Gasteiger partial charge in [-0.3, -0.25) is 14.9 Å². The largest absolute Gasteiger partial charge is 0.378 e. The molecule has 0 saturated carbocycles. The van der Waals surface area contributed by atoms with Gasteiger partial charge in [0.05, 0.1) is 23.7 Å². The Morgan fingerprint density at radius 1 is 1.39 bits per heavy atom. The van der Waals surface area contributed by atoms with E-state index in [2.05, 4.69) is 0 Å². The van der Waals surface area contributed by atoms with E-state index in [-0.39, 0.29) is 17.0 Å². The van der Waals surface area contributed by atoms with Crippen LogP contribution in [-0.4, -0.2) is 37.0 Å². The molecule has 0 radical (unpaired) electrons. The number of ether oxygens (including phenoxy) is 1. The van der Waals surface area contributed by atoms with Crippen LogP contribution in [0, 0.1) is 10.1 Å². The van der Waals surface area contributed by atoms with Crippen LogP contribution in [0.1, 0.15) is 17.3 Å². The zero-order valence-electron chi connectivity index (χ0n) is 10.1. The minimum absolute atomic E-state index is 0.133. The molecule has 1 fully saturated rings. The molecule has 6 nitrogen and oxygen atoms in total. The Hall–Kier alpha value is -1.95. The highest BCUT2D eigenvalue weighted by atomic mass is 16.6. The fourth-order valence-electron chi connectivity index (χ4n) is 1.99. The number of nitro groups is 1. The number of hydrogen-bond acceptors (Lipinski definition) is 5. The molecule has 1 heterocycles. The number of rotatable bonds is 3. The van der Waals surface area contributed by atoms with Crippen LogP contribution < -0.4 is 4.90 Å². The highest BCUT2D eigenvalue weighted by Crippen LogP contribution is 2.26. The lowest BCUT2D eigenvalue weighted by Gasteiger charge is -2.28. The maximum Gasteiger partial charge on any atom is 0.282 e. The van der Waals surface area contributed by atoms with Crippen LogP contribution >= 0.6 is 0 Å². The van der Waals surface area contributed by atoms with Crippen molar-refractivity contribution in [1.29, 1.82) is 0 Å². The topological polar surface area (TPSA) is 72.7 Å². The van der Waals surface area contributed by atoms with E-state index in [1.165, 1.54) is 19.1 Å². The maximum absolute atomic E-state index is 11.3. The summed E-state index contributed by atoms with van der Waals surface area (Å²) in [6.07, 6.45) is 0. The molecule has 0 amide bonds. The third-order valence-corrected chi connectivity index (χ3v) is 2.93. The standard InChI is InChI=1S/C12H14N2O4/c1-9(15)11-3-2-10(8-12(11)14(16)17)13-4-6-18-7-5-13/h2-3,8H,4-7H2,1H3. The number of ketones is 1. The van der Waals surface area contributed by atoms with Gasteiger partial charge in [0.2, 0.25) is 0 Å². The average Bonchev–Trinajstić information content (AvgIpc) is 2.39. The first kappa shape index (κ1) is 12.5. The smallest absolute Gasteiger partial charge is 0.282 e. The fraction of sp³-hybridized carbons (Fsp3) is 0.417. The van der Waals surface area contributed by atoms with Gasteiger partial charge >= 0.3 is 0 Å². The second-order valence-corrected chi connectivity index (χ2v) is 4.11. The van der Waals surface area contributed by atoms with E-state index in [4.69, 9.17) is 4.74 Å². The summed E-state index contributed by atoms with van der Waals surface area (Å²) < 4.78 is 5.23. The van der Waals surface area contributed by atoms with Gasteiger partial charge in [-0.2, -0.15) is 0 Å². The number of carbonyl (C=O) groups is 1. The van der Waals surface area contributed by atoms with E-state index in [1.54, 1.807) is 6.07 Å². The number of benzene rings is 1. The van der Waals surface area contributed by atoms with E-state index < -0.39 is 4.92 Å². The van der Waals surface area contributed by atoms with Gasteiger partial charge in [0.15, 0.2) is 5.78 Å². The Labute approximate surface area is 104 Å². The van der Waals surface area contributed by atoms with Crippen molar-refractivity contribution in [3.05, 3.63) is 33.9 Å². The van der Waals surface area contributed by atoms with Crippen molar-refractivity contribution in [3.63, 3.8) is 0 Å². The van der Waals surface area contributed by atoms with Gasteiger partial charge in [-0.1, -0.05) is 0 Å². The molecule has 0 aliphatic carbocycles. The number of Topliss-reactive ketones (excluding diaryl/α,β-unsaturated/α-hetero) is 1. The van der Waals surface area contributed by atoms with Crippen molar-refractivity contribution in [2.75, 3.05) is 31.2 Å². The molecule has 0 N–H and O–H groups in total. The molecule has 96 valence electrons. The first-order valence-electron chi connectivity index (χ1n) is 5.71. The number of anilines is 1. The second kappa shape index (κ2) is 5.14. The van der Waals surface area contributed by atoms with Crippen LogP contribution in [0.15, 0.2) is 18.2 Å². The third-order valence-electron chi connectivity index (χ3n) is 2.93. The SMILES string of the molecule is CC(=O)c1ccc(N2CCOCC2)cc1[N+](=O)[O-]. The predicted molar refractivity (Wildman–Crippen MR) is 66.1 cm³/mol. The summed E-state index contributed by atoms with van der Waals surface area (Å²) in [5.41, 5.74) is 0.776. The van der Waals surface area contributed by atoms with E-state index in [1.807, 2.05) is 4.90 Å². The molecule has 1 aromatic rings. The van der Waals surface area contributed by atoms with E-state index in [9.17, 15) is 14.9 Å². The zero-order chi connectivity index (χ0) is 13.1. The second-order valence-electron chi connectivity index (χ2n) is 4.11. The number of hydrogen-bond donors (Lipinski definition) is 0. The van der Waals surface area contributed by atoms with Crippen LogP contribution in [0.25, 0.3) is 0 Å². The summed E-state index contributed by atoms with van der Waals surface area (Å²) in [5.74, 6) is -0.296. The van der Waals surface area contributed by atoms with Crippen LogP contribution in [0.3, 0.4) is 0 Å². The quantitative estimate of drug-likeness (QED) is 0.463. The molecule has 2 rings (SSSR count). The summed E-state index contributed by atoms with van der Waals surface area (Å²) in [6.45, 7) is 3.97. The number of carbonyl (C=O) groups excluding carboxylic acids is 1. The zero-order valence-corrected chi connectivity index (χ0v) is 10.1. The summed E-state index contributed by atoms with van der Waals surface area (Å²) >= 11 is 0. The first-order chi connectivity index (χ1) is 8.59. The number of morpholine rings is 1. The van der Waals surface area contributed by atoms with Crippen molar-refractivity contribution in [2.45, 2.75) is 6.92 Å². The van der Waals surface area contributed by atoms with Crippen LogP contribution in [0.2, 0.25) is 0 Å². The van der Waals surface area contributed by atoms with Gasteiger partial charge in [-0.25, -0.2) is 0 Å². The van der Waals surface area contributed by atoms with Crippen molar-refractivity contribution in [2.24, 2.45) is 0 Å². The molecule has 1 aromatic carbocycles. The lowest BCUT2D eigenvalue weighted by molar-refractivity contribution is -0.385. The van der Waals surface area contributed by atoms with Crippen molar-refractivity contribution in [1.82, 2.24) is 0 Å². The van der Waals surface area contributed by atoms with Crippen LogP contribution in [0.4, 0.5) is 11.4 Å². The Morgan fingerprint density at radius 2 is 2.06 bits per heavy atom. The van der Waals surface area contributed by atoms with Gasteiger partial charge in [0, 0.05) is 24.8 Å². The van der Waals surface area contributed by atoms with Gasteiger partial charge < -0.3 is 9.64 Å². The van der Waals surface area contributed by atoms with Crippen molar-refractivity contribution >= 4 is 17.2 Å². The lowest BCUT2D eigenvalue weighted by Crippen LogP contribution is -2.36. The van der Waals surface area contributed by atoms with Crippen molar-refractivity contribution < 1.29 is 14.5 Å². The molecule has 18 heavy (non-hydrogen) atoms. The molecule has 0 bridgehead atoms. The molecule has 0 atom stereocenters. The lowest BCUT2D eigenvalue weighted by atomic mass is 10.1. The minimum Gasteiger partial charge on any atom is -0.378 e. The monoisotopic (exact) mass is 250 g/mol.